The van der Waals surface area contributed by atoms with Gasteiger partial charge in [-0.3, -0.25) is 4.68 Å². The lowest BCUT2D eigenvalue weighted by molar-refractivity contribution is 0.413. The number of hydrogen-bond donors (Lipinski definition) is 1. The maximum atomic E-state index is 5.23. The molecule has 0 fully saturated rings. The molecule has 0 spiro atoms. The summed E-state index contributed by atoms with van der Waals surface area (Å²) in [5.41, 5.74) is 1.18. The van der Waals surface area contributed by atoms with E-state index in [9.17, 15) is 0 Å². The van der Waals surface area contributed by atoms with Crippen LogP contribution in [0.15, 0.2) is 12.3 Å². The van der Waals surface area contributed by atoms with Gasteiger partial charge in [-0.25, -0.2) is 0 Å². The minimum atomic E-state index is 0.179. The van der Waals surface area contributed by atoms with Crippen molar-refractivity contribution in [3.8, 4) is 5.75 Å². The van der Waals surface area contributed by atoms with Crippen molar-refractivity contribution in [1.29, 1.82) is 0 Å². The Labute approximate surface area is 104 Å². The fraction of sp³-hybridized carbons (Fsp3) is 0.615. The second-order valence-electron chi connectivity index (χ2n) is 5.09. The first-order chi connectivity index (χ1) is 7.94. The molecular formula is C13H23N3O. The van der Waals surface area contributed by atoms with E-state index < -0.39 is 0 Å². The molecule has 17 heavy (non-hydrogen) atoms. The van der Waals surface area contributed by atoms with Crippen molar-refractivity contribution in [3.63, 3.8) is 0 Å². The van der Waals surface area contributed by atoms with Gasteiger partial charge in [-0.15, -0.1) is 0 Å². The quantitative estimate of drug-likeness (QED) is 0.798. The summed E-state index contributed by atoms with van der Waals surface area (Å²) in [5, 5.41) is 7.59. The Morgan fingerprint density at radius 2 is 2.18 bits per heavy atom. The van der Waals surface area contributed by atoms with E-state index in [1.54, 1.807) is 13.3 Å². The number of methoxy groups -OCH3 is 1. The van der Waals surface area contributed by atoms with E-state index in [0.717, 1.165) is 24.4 Å². The van der Waals surface area contributed by atoms with Crippen LogP contribution in [0.1, 0.15) is 32.9 Å². The highest BCUT2D eigenvalue weighted by molar-refractivity contribution is 5.52. The average Bonchev–Trinajstić information content (AvgIpc) is 2.58. The molecule has 0 aliphatic rings. The average molecular weight is 237 g/mol. The van der Waals surface area contributed by atoms with Gasteiger partial charge in [0.1, 0.15) is 5.69 Å². The Balaban J connectivity index is 2.45. The molecule has 1 aromatic heterocycles. The largest absolute Gasteiger partial charge is 0.493 e. The van der Waals surface area contributed by atoms with E-state index in [2.05, 4.69) is 43.3 Å². The fourth-order valence-corrected chi connectivity index (χ4v) is 1.50. The smallest absolute Gasteiger partial charge is 0.164 e. The first-order valence-electron chi connectivity index (χ1n) is 5.91. The molecule has 1 N–H and O–H groups in total. The van der Waals surface area contributed by atoms with Gasteiger partial charge in [0.2, 0.25) is 0 Å². The van der Waals surface area contributed by atoms with Crippen molar-refractivity contribution in [2.75, 3.05) is 13.7 Å². The number of rotatable bonds is 5. The second kappa shape index (κ2) is 5.87. The summed E-state index contributed by atoms with van der Waals surface area (Å²) in [6.07, 6.45) is 6.91. The standard InChI is InChI=1S/C13H23N3O/c1-13(2,3)14-9-7-6-8-11-12(17-5)10-15-16(11)4/h6,8,10,14H,7,9H2,1-5H3/b8-6+. The first-order valence-corrected chi connectivity index (χ1v) is 5.91. The zero-order chi connectivity index (χ0) is 12.9. The Morgan fingerprint density at radius 1 is 1.47 bits per heavy atom. The van der Waals surface area contributed by atoms with Crippen LogP contribution in [0.25, 0.3) is 6.08 Å². The summed E-state index contributed by atoms with van der Waals surface area (Å²) in [6.45, 7) is 7.47. The van der Waals surface area contributed by atoms with E-state index in [0.29, 0.717) is 0 Å². The molecule has 1 rings (SSSR count). The predicted molar refractivity (Wildman–Crippen MR) is 71.2 cm³/mol. The Bertz CT molecular complexity index is 375. The van der Waals surface area contributed by atoms with Crippen LogP contribution in [0, 0.1) is 0 Å². The third-order valence-electron chi connectivity index (χ3n) is 2.41. The number of hydrogen-bond acceptors (Lipinski definition) is 3. The summed E-state index contributed by atoms with van der Waals surface area (Å²) in [4.78, 5) is 0. The van der Waals surface area contributed by atoms with Crippen LogP contribution < -0.4 is 10.1 Å². The van der Waals surface area contributed by atoms with Gasteiger partial charge in [0.25, 0.3) is 0 Å². The highest BCUT2D eigenvalue weighted by atomic mass is 16.5. The van der Waals surface area contributed by atoms with Crippen molar-refractivity contribution in [3.05, 3.63) is 18.0 Å². The van der Waals surface area contributed by atoms with E-state index in [4.69, 9.17) is 4.74 Å². The van der Waals surface area contributed by atoms with Gasteiger partial charge < -0.3 is 10.1 Å². The van der Waals surface area contributed by atoms with E-state index in [1.165, 1.54) is 0 Å². The van der Waals surface area contributed by atoms with Crippen LogP contribution in [0.5, 0.6) is 5.75 Å². The second-order valence-corrected chi connectivity index (χ2v) is 5.09. The maximum Gasteiger partial charge on any atom is 0.164 e. The molecule has 0 unspecified atom stereocenters. The normalized spacial score (nSPS) is 12.3. The molecule has 0 bridgehead atoms. The van der Waals surface area contributed by atoms with Gasteiger partial charge in [0.05, 0.1) is 13.3 Å². The van der Waals surface area contributed by atoms with Crippen LogP contribution in [0.4, 0.5) is 0 Å². The molecule has 4 heteroatoms. The molecule has 0 aromatic carbocycles. The fourth-order valence-electron chi connectivity index (χ4n) is 1.50. The summed E-state index contributed by atoms with van der Waals surface area (Å²) >= 11 is 0. The molecular weight excluding hydrogens is 214 g/mol. The van der Waals surface area contributed by atoms with Crippen LogP contribution in [-0.4, -0.2) is 29.0 Å². The van der Waals surface area contributed by atoms with Gasteiger partial charge in [-0.2, -0.15) is 5.10 Å². The van der Waals surface area contributed by atoms with Crippen molar-refractivity contribution in [2.24, 2.45) is 7.05 Å². The molecule has 1 heterocycles. The lowest BCUT2D eigenvalue weighted by Crippen LogP contribution is -2.36. The number of aromatic nitrogens is 2. The molecule has 0 aliphatic heterocycles. The van der Waals surface area contributed by atoms with E-state index in [1.807, 2.05) is 11.7 Å². The SMILES string of the molecule is COc1cnn(C)c1/C=C/CCNC(C)(C)C. The van der Waals surface area contributed by atoms with Crippen LogP contribution in [0.3, 0.4) is 0 Å². The third kappa shape index (κ3) is 4.61. The highest BCUT2D eigenvalue weighted by Crippen LogP contribution is 2.17. The summed E-state index contributed by atoms with van der Waals surface area (Å²) < 4.78 is 7.04. The molecule has 0 amide bonds. The lowest BCUT2D eigenvalue weighted by atomic mass is 10.1. The number of nitrogens with zero attached hydrogens (tertiary/aromatic N) is 2. The molecule has 4 nitrogen and oxygen atoms in total. The zero-order valence-electron chi connectivity index (χ0n) is 11.4. The zero-order valence-corrected chi connectivity index (χ0v) is 11.4. The van der Waals surface area contributed by atoms with E-state index >= 15 is 0 Å². The molecule has 0 saturated carbocycles. The molecule has 0 radical (unpaired) electrons. The molecule has 96 valence electrons. The topological polar surface area (TPSA) is 39.1 Å². The van der Waals surface area contributed by atoms with Crippen molar-refractivity contribution in [2.45, 2.75) is 32.7 Å². The molecule has 0 atom stereocenters. The van der Waals surface area contributed by atoms with Gasteiger partial charge in [-0.05, 0) is 39.8 Å². The number of nitrogens with one attached hydrogen (secondary N) is 1. The van der Waals surface area contributed by atoms with Crippen LogP contribution in [-0.2, 0) is 7.05 Å². The monoisotopic (exact) mass is 237 g/mol. The van der Waals surface area contributed by atoms with Crippen molar-refractivity contribution < 1.29 is 4.74 Å². The first kappa shape index (κ1) is 13.8. The molecule has 0 aliphatic carbocycles. The van der Waals surface area contributed by atoms with Gasteiger partial charge in [0, 0.05) is 12.6 Å². The highest BCUT2D eigenvalue weighted by Gasteiger charge is 2.07. The van der Waals surface area contributed by atoms with Gasteiger partial charge >= 0.3 is 0 Å². The molecule has 0 saturated heterocycles. The third-order valence-corrected chi connectivity index (χ3v) is 2.41. The summed E-state index contributed by atoms with van der Waals surface area (Å²) in [7, 11) is 3.57. The summed E-state index contributed by atoms with van der Waals surface area (Å²) in [6, 6.07) is 0. The van der Waals surface area contributed by atoms with Crippen LogP contribution in [0.2, 0.25) is 0 Å². The van der Waals surface area contributed by atoms with Crippen LogP contribution >= 0.6 is 0 Å². The predicted octanol–water partition coefficient (Wildman–Crippen LogP) is 2.22. The van der Waals surface area contributed by atoms with Crippen molar-refractivity contribution >= 4 is 6.08 Å². The Morgan fingerprint density at radius 3 is 2.76 bits per heavy atom. The molecule has 1 aromatic rings. The lowest BCUT2D eigenvalue weighted by Gasteiger charge is -2.19. The Kier molecular flexibility index (Phi) is 4.75. The van der Waals surface area contributed by atoms with Gasteiger partial charge in [0.15, 0.2) is 5.75 Å². The van der Waals surface area contributed by atoms with Crippen molar-refractivity contribution in [1.82, 2.24) is 15.1 Å². The maximum absolute atomic E-state index is 5.23. The van der Waals surface area contributed by atoms with Gasteiger partial charge in [-0.1, -0.05) is 6.08 Å². The van der Waals surface area contributed by atoms with E-state index in [-0.39, 0.29) is 5.54 Å². The Hall–Kier alpha value is -1.29. The number of ether oxygens (including phenoxy) is 1. The minimum Gasteiger partial charge on any atom is -0.493 e. The minimum absolute atomic E-state index is 0.179. The number of aryl methyl sites for hydroxylation is 1. The summed E-state index contributed by atoms with van der Waals surface area (Å²) in [5.74, 6) is 0.813.